The van der Waals surface area contributed by atoms with Gasteiger partial charge in [-0.05, 0) is 22.3 Å². The fourth-order valence-electron chi connectivity index (χ4n) is 4.83. The third-order valence-electron chi connectivity index (χ3n) is 6.19. The molecule has 1 fully saturated rings. The maximum absolute atomic E-state index is 2.63. The molecule has 0 amide bonds. The topological polar surface area (TPSA) is 6.48 Å². The third-order valence-corrected chi connectivity index (χ3v) is 6.19. The number of rotatable bonds is 6. The van der Waals surface area contributed by atoms with Crippen molar-refractivity contribution in [1.82, 2.24) is 9.80 Å². The Morgan fingerprint density at radius 2 is 0.774 bits per heavy atom. The van der Waals surface area contributed by atoms with Crippen molar-refractivity contribution in [3.8, 4) is 0 Å². The summed E-state index contributed by atoms with van der Waals surface area (Å²) in [6, 6.07) is 44.3. The molecule has 0 bridgehead atoms. The normalized spacial score (nSPS) is 19.5. The lowest BCUT2D eigenvalue weighted by Gasteiger charge is -2.30. The van der Waals surface area contributed by atoms with Gasteiger partial charge in [-0.15, -0.1) is 0 Å². The van der Waals surface area contributed by atoms with E-state index in [-0.39, 0.29) is 0 Å². The number of benzene rings is 4. The van der Waals surface area contributed by atoms with Gasteiger partial charge in [-0.2, -0.15) is 0 Å². The van der Waals surface area contributed by atoms with Crippen molar-refractivity contribution in [2.45, 2.75) is 25.2 Å². The minimum absolute atomic E-state index is 0.299. The van der Waals surface area contributed by atoms with Crippen LogP contribution in [0.3, 0.4) is 0 Å². The van der Waals surface area contributed by atoms with Crippen LogP contribution in [0.1, 0.15) is 34.3 Å². The highest BCUT2D eigenvalue weighted by atomic mass is 15.4. The minimum atomic E-state index is 0.299. The van der Waals surface area contributed by atoms with Crippen LogP contribution in [0.25, 0.3) is 0 Å². The van der Waals surface area contributed by atoms with Crippen LogP contribution in [0, 0.1) is 0 Å². The summed E-state index contributed by atoms with van der Waals surface area (Å²) in [6.45, 7) is 2.81. The quantitative estimate of drug-likeness (QED) is 0.365. The lowest BCUT2D eigenvalue weighted by atomic mass is 9.92. The second kappa shape index (κ2) is 9.30. The zero-order valence-corrected chi connectivity index (χ0v) is 17.7. The van der Waals surface area contributed by atoms with Gasteiger partial charge in [-0.25, -0.2) is 0 Å². The van der Waals surface area contributed by atoms with Crippen molar-refractivity contribution < 1.29 is 0 Å². The summed E-state index contributed by atoms with van der Waals surface area (Å²) in [7, 11) is 0. The zero-order valence-electron chi connectivity index (χ0n) is 17.7. The molecule has 154 valence electrons. The Balaban J connectivity index is 1.55. The first kappa shape index (κ1) is 19.7. The summed E-state index contributed by atoms with van der Waals surface area (Å²) >= 11 is 0. The molecular formula is C29H28N2. The van der Waals surface area contributed by atoms with E-state index >= 15 is 0 Å². The molecule has 2 heteroatoms. The van der Waals surface area contributed by atoms with Gasteiger partial charge in [0.15, 0.2) is 0 Å². The van der Waals surface area contributed by atoms with Gasteiger partial charge < -0.3 is 0 Å². The van der Waals surface area contributed by atoms with Crippen LogP contribution in [-0.2, 0) is 13.1 Å². The molecule has 0 spiro atoms. The van der Waals surface area contributed by atoms with Gasteiger partial charge in [0.25, 0.3) is 0 Å². The van der Waals surface area contributed by atoms with E-state index in [0.29, 0.717) is 12.1 Å². The van der Waals surface area contributed by atoms with E-state index < -0.39 is 0 Å². The molecule has 0 radical (unpaired) electrons. The molecule has 0 aliphatic carbocycles. The van der Waals surface area contributed by atoms with Gasteiger partial charge >= 0.3 is 0 Å². The molecule has 0 aromatic heterocycles. The summed E-state index contributed by atoms with van der Waals surface area (Å²) < 4.78 is 0. The lowest BCUT2D eigenvalue weighted by molar-refractivity contribution is 0.206. The van der Waals surface area contributed by atoms with Gasteiger partial charge in [0, 0.05) is 13.1 Å². The Labute approximate surface area is 185 Å². The molecule has 1 saturated heterocycles. The molecule has 1 aliphatic heterocycles. The van der Waals surface area contributed by atoms with Crippen molar-refractivity contribution in [2.24, 2.45) is 0 Å². The van der Waals surface area contributed by atoms with Gasteiger partial charge in [0.1, 0.15) is 0 Å². The summed E-state index contributed by atoms with van der Waals surface area (Å²) in [5.41, 5.74) is 5.47. The fourth-order valence-corrected chi connectivity index (χ4v) is 4.83. The fraction of sp³-hybridized carbons (Fsp3) is 0.172. The van der Waals surface area contributed by atoms with Gasteiger partial charge in [-0.1, -0.05) is 121 Å². The smallest absolute Gasteiger partial charge is 0.0561 e. The summed E-state index contributed by atoms with van der Waals surface area (Å²) in [5, 5.41) is 0. The summed E-state index contributed by atoms with van der Waals surface area (Å²) in [6.07, 6.45) is 0. The monoisotopic (exact) mass is 404 g/mol. The number of nitrogens with zero attached hydrogens (tertiary/aromatic N) is 2. The lowest BCUT2D eigenvalue weighted by Crippen LogP contribution is -2.26. The molecule has 1 heterocycles. The molecular weight excluding hydrogens is 376 g/mol. The molecule has 2 nitrogen and oxygen atoms in total. The first-order valence-electron chi connectivity index (χ1n) is 11.0. The first-order valence-corrected chi connectivity index (χ1v) is 11.0. The Bertz CT molecular complexity index is 976. The average Bonchev–Trinajstić information content (AvgIpc) is 3.19. The Morgan fingerprint density at radius 3 is 1.13 bits per heavy atom. The van der Waals surface area contributed by atoms with E-state index in [1.807, 2.05) is 0 Å². The van der Waals surface area contributed by atoms with Gasteiger partial charge in [-0.3, -0.25) is 9.80 Å². The van der Waals surface area contributed by atoms with Crippen LogP contribution in [0.2, 0.25) is 0 Å². The van der Waals surface area contributed by atoms with Crippen LogP contribution in [0.5, 0.6) is 0 Å². The molecule has 5 rings (SSSR count). The molecule has 2 atom stereocenters. The SMILES string of the molecule is c1ccc(CN2CN(Cc3ccccc3)[C@@H](c3ccccc3)[C@@H]2c2ccccc2)cc1. The molecule has 4 aromatic rings. The molecule has 4 aromatic carbocycles. The van der Waals surface area contributed by atoms with E-state index in [1.54, 1.807) is 0 Å². The van der Waals surface area contributed by atoms with E-state index in [0.717, 1.165) is 19.8 Å². The number of hydrogen-bond acceptors (Lipinski definition) is 2. The van der Waals surface area contributed by atoms with Crippen LogP contribution in [-0.4, -0.2) is 16.5 Å². The highest BCUT2D eigenvalue weighted by Gasteiger charge is 2.41. The summed E-state index contributed by atoms with van der Waals surface area (Å²) in [4.78, 5) is 5.26. The third kappa shape index (κ3) is 4.46. The largest absolute Gasteiger partial charge is 0.277 e. The van der Waals surface area contributed by atoms with Crippen LogP contribution in [0.15, 0.2) is 121 Å². The molecule has 1 aliphatic rings. The predicted molar refractivity (Wildman–Crippen MR) is 127 cm³/mol. The van der Waals surface area contributed by atoms with E-state index in [4.69, 9.17) is 0 Å². The highest BCUT2D eigenvalue weighted by molar-refractivity contribution is 5.31. The number of hydrogen-bond donors (Lipinski definition) is 0. The van der Waals surface area contributed by atoms with Crippen molar-refractivity contribution in [2.75, 3.05) is 6.67 Å². The molecule has 0 unspecified atom stereocenters. The van der Waals surface area contributed by atoms with Gasteiger partial charge in [0.2, 0.25) is 0 Å². The standard InChI is InChI=1S/C29H28N2/c1-5-13-24(14-6-1)21-30-23-31(22-25-15-7-2-8-16-25)29(27-19-11-4-12-20-27)28(30)26-17-9-3-10-18-26/h1-20,28-29H,21-23H2/t28-,29-/m0/s1. The Hall–Kier alpha value is -3.20. The van der Waals surface area contributed by atoms with Crippen molar-refractivity contribution in [3.05, 3.63) is 144 Å². The van der Waals surface area contributed by atoms with Crippen LogP contribution in [0.4, 0.5) is 0 Å². The van der Waals surface area contributed by atoms with Gasteiger partial charge in [0.05, 0.1) is 18.8 Å². The maximum Gasteiger partial charge on any atom is 0.0561 e. The van der Waals surface area contributed by atoms with Crippen molar-refractivity contribution in [1.29, 1.82) is 0 Å². The predicted octanol–water partition coefficient (Wildman–Crippen LogP) is 6.44. The van der Waals surface area contributed by atoms with E-state index in [9.17, 15) is 0 Å². The Morgan fingerprint density at radius 1 is 0.452 bits per heavy atom. The van der Waals surface area contributed by atoms with E-state index in [1.165, 1.54) is 22.3 Å². The highest BCUT2D eigenvalue weighted by Crippen LogP contribution is 2.45. The molecule has 0 saturated carbocycles. The Kier molecular flexibility index (Phi) is 5.92. The molecule has 31 heavy (non-hydrogen) atoms. The maximum atomic E-state index is 2.63. The zero-order chi connectivity index (χ0) is 20.9. The summed E-state index contributed by atoms with van der Waals surface area (Å²) in [5.74, 6) is 0. The second-order valence-electron chi connectivity index (χ2n) is 8.32. The van der Waals surface area contributed by atoms with E-state index in [2.05, 4.69) is 131 Å². The van der Waals surface area contributed by atoms with Crippen LogP contribution < -0.4 is 0 Å². The van der Waals surface area contributed by atoms with Crippen LogP contribution >= 0.6 is 0 Å². The second-order valence-corrected chi connectivity index (χ2v) is 8.32. The first-order chi connectivity index (χ1) is 15.4. The van der Waals surface area contributed by atoms with Crippen molar-refractivity contribution >= 4 is 0 Å². The average molecular weight is 405 g/mol. The minimum Gasteiger partial charge on any atom is -0.277 e. The van der Waals surface area contributed by atoms with Crippen molar-refractivity contribution in [3.63, 3.8) is 0 Å². The molecule has 0 N–H and O–H groups in total.